The van der Waals surface area contributed by atoms with Crippen molar-refractivity contribution in [2.45, 2.75) is 11.8 Å². The normalized spacial score (nSPS) is 28.2. The Morgan fingerprint density at radius 3 is 1.39 bits per heavy atom. The molecule has 2 bridgehead atoms. The minimum Gasteiger partial charge on any atom is -0.468 e. The molecule has 1 aromatic rings. The molecule has 11 heteroatoms. The fourth-order valence-corrected chi connectivity index (χ4v) is 4.93. The van der Waals surface area contributed by atoms with Crippen LogP contribution in [0.25, 0.3) is 0 Å². The van der Waals surface area contributed by atoms with Gasteiger partial charge in [-0.15, -0.1) is 0 Å². The third kappa shape index (κ3) is 3.57. The molecular weight excluding hydrogens is 443 g/mol. The summed E-state index contributed by atoms with van der Waals surface area (Å²) in [5.41, 5.74) is -0.391. The molecule has 0 heterocycles. The minimum absolute atomic E-state index is 0.0645. The second-order valence-electron chi connectivity index (χ2n) is 7.60. The van der Waals surface area contributed by atoms with Crippen LogP contribution in [0.3, 0.4) is 0 Å². The number of carbonyl (C=O) groups is 6. The summed E-state index contributed by atoms with van der Waals surface area (Å²) in [6, 6.07) is 3.59. The summed E-state index contributed by atoms with van der Waals surface area (Å²) in [5.74, 6) is -18.6. The Balaban J connectivity index is 2.52. The third-order valence-electron chi connectivity index (χ3n) is 6.26. The van der Waals surface area contributed by atoms with Gasteiger partial charge >= 0.3 is 23.9 Å². The zero-order valence-electron chi connectivity index (χ0n) is 18.2. The van der Waals surface area contributed by atoms with E-state index in [2.05, 4.69) is 0 Å². The highest BCUT2D eigenvalue weighted by Crippen LogP contribution is 2.53. The maximum atomic E-state index is 15.3. The molecule has 0 aliphatic heterocycles. The Labute approximate surface area is 187 Å². The van der Waals surface area contributed by atoms with Gasteiger partial charge in [-0.05, 0) is 17.2 Å². The van der Waals surface area contributed by atoms with Gasteiger partial charge in [0.05, 0.1) is 28.4 Å². The van der Waals surface area contributed by atoms with Gasteiger partial charge in [-0.25, -0.2) is 4.39 Å². The van der Waals surface area contributed by atoms with Crippen LogP contribution >= 0.6 is 0 Å². The highest BCUT2D eigenvalue weighted by atomic mass is 19.1. The lowest BCUT2D eigenvalue weighted by molar-refractivity contribution is -0.164. The van der Waals surface area contributed by atoms with Crippen molar-refractivity contribution in [1.82, 2.24) is 0 Å². The molecule has 33 heavy (non-hydrogen) atoms. The van der Waals surface area contributed by atoms with Gasteiger partial charge in [-0.1, -0.05) is 12.1 Å². The van der Waals surface area contributed by atoms with E-state index >= 15 is 4.39 Å². The Bertz CT molecular complexity index is 992. The second-order valence-corrected chi connectivity index (χ2v) is 7.60. The monoisotopic (exact) mass is 464 g/mol. The van der Waals surface area contributed by atoms with Gasteiger partial charge in [0, 0.05) is 11.8 Å². The van der Waals surface area contributed by atoms with Crippen LogP contribution in [-0.4, -0.2) is 63.9 Å². The third-order valence-corrected chi connectivity index (χ3v) is 6.26. The lowest BCUT2D eigenvalue weighted by atomic mass is 9.66. The van der Waals surface area contributed by atoms with E-state index in [1.54, 1.807) is 0 Å². The first-order valence-corrected chi connectivity index (χ1v) is 9.83. The van der Waals surface area contributed by atoms with Crippen LogP contribution in [0.1, 0.15) is 23.0 Å². The van der Waals surface area contributed by atoms with Gasteiger partial charge in [0.15, 0.2) is 11.6 Å². The average Bonchev–Trinajstić information content (AvgIpc) is 2.98. The minimum atomic E-state index is -1.92. The van der Waals surface area contributed by atoms with E-state index in [0.29, 0.717) is 0 Å². The van der Waals surface area contributed by atoms with Crippen LogP contribution in [0.4, 0.5) is 4.39 Å². The van der Waals surface area contributed by atoms with Gasteiger partial charge in [0.1, 0.15) is 29.5 Å². The number of ketones is 2. The molecular formula is C22H21FO10. The van der Waals surface area contributed by atoms with Crippen molar-refractivity contribution >= 4 is 35.4 Å². The molecule has 1 aromatic carbocycles. The second kappa shape index (κ2) is 9.08. The molecule has 10 nitrogen and oxygen atoms in total. The lowest BCUT2D eigenvalue weighted by Gasteiger charge is -2.34. The first-order chi connectivity index (χ1) is 15.7. The molecule has 0 radical (unpaired) electrons. The number of rotatable bonds is 4. The SMILES string of the molecule is COC(=O)C1C(=O)C(C(=O)OC)C2c3c(F)cccc3C1C(C(=O)OC)C(=O)C2C(=O)OC. The van der Waals surface area contributed by atoms with Gasteiger partial charge in [0.2, 0.25) is 0 Å². The average molecular weight is 464 g/mol. The van der Waals surface area contributed by atoms with Gasteiger partial charge in [-0.3, -0.25) is 28.8 Å². The fraction of sp³-hybridized carbons (Fsp3) is 0.455. The van der Waals surface area contributed by atoms with Crippen molar-refractivity contribution in [2.75, 3.05) is 28.4 Å². The van der Waals surface area contributed by atoms with E-state index in [0.717, 1.165) is 34.5 Å². The van der Waals surface area contributed by atoms with Crippen LogP contribution in [0.2, 0.25) is 0 Å². The van der Waals surface area contributed by atoms with Gasteiger partial charge < -0.3 is 18.9 Å². The number of methoxy groups -OCH3 is 4. The largest absolute Gasteiger partial charge is 0.468 e. The maximum Gasteiger partial charge on any atom is 0.316 e. The summed E-state index contributed by atoms with van der Waals surface area (Å²) in [6.07, 6.45) is 0. The summed E-state index contributed by atoms with van der Waals surface area (Å²) < 4.78 is 34.2. The highest BCUT2D eigenvalue weighted by molar-refractivity contribution is 6.17. The van der Waals surface area contributed by atoms with Crippen molar-refractivity contribution in [3.8, 4) is 0 Å². The van der Waals surface area contributed by atoms with Crippen LogP contribution in [0.15, 0.2) is 18.2 Å². The van der Waals surface area contributed by atoms with E-state index in [1.807, 2.05) is 0 Å². The topological polar surface area (TPSA) is 139 Å². The predicted molar refractivity (Wildman–Crippen MR) is 104 cm³/mol. The number of benzene rings is 1. The number of hydrogen-bond donors (Lipinski definition) is 0. The molecule has 2 aliphatic carbocycles. The summed E-state index contributed by atoms with van der Waals surface area (Å²) in [6.45, 7) is 0. The highest BCUT2D eigenvalue weighted by Gasteiger charge is 2.63. The van der Waals surface area contributed by atoms with Gasteiger partial charge in [0.25, 0.3) is 0 Å². The first-order valence-electron chi connectivity index (χ1n) is 9.83. The fourth-order valence-electron chi connectivity index (χ4n) is 4.93. The van der Waals surface area contributed by atoms with E-state index < -0.39 is 76.8 Å². The molecule has 0 N–H and O–H groups in total. The van der Waals surface area contributed by atoms with Crippen molar-refractivity contribution in [1.29, 1.82) is 0 Å². The molecule has 4 unspecified atom stereocenters. The molecule has 3 rings (SSSR count). The predicted octanol–water partition coefficient (Wildman–Crippen LogP) is 0.315. The van der Waals surface area contributed by atoms with E-state index in [1.165, 1.54) is 12.1 Å². The van der Waals surface area contributed by atoms with Crippen molar-refractivity contribution in [3.05, 3.63) is 35.1 Å². The molecule has 0 spiro atoms. The van der Waals surface area contributed by atoms with E-state index in [9.17, 15) is 28.8 Å². The number of esters is 4. The number of Topliss-reactive ketones (excluding diaryl/α,β-unsaturated/α-hetero) is 2. The zero-order chi connectivity index (χ0) is 24.6. The van der Waals surface area contributed by atoms with Crippen molar-refractivity contribution < 1.29 is 52.1 Å². The molecule has 176 valence electrons. The van der Waals surface area contributed by atoms with Crippen molar-refractivity contribution in [2.24, 2.45) is 23.7 Å². The molecule has 4 atom stereocenters. The molecule has 2 aliphatic rings. The van der Waals surface area contributed by atoms with E-state index in [4.69, 9.17) is 18.9 Å². The van der Waals surface area contributed by atoms with Crippen LogP contribution in [0, 0.1) is 29.5 Å². The standard InChI is InChI=1S/C22H21FO10/c1-30-19(26)13-11-8-6-5-7-9(23)10(8)12(15(17(13)24)21(28)32-3)16(22(29)33-4)18(25)14(11)20(27)31-2/h5-7,11-16H,1-4H3. The van der Waals surface area contributed by atoms with Gasteiger partial charge in [-0.2, -0.15) is 0 Å². The maximum absolute atomic E-state index is 15.3. The van der Waals surface area contributed by atoms with Crippen LogP contribution < -0.4 is 0 Å². The Morgan fingerprint density at radius 2 is 1.03 bits per heavy atom. The number of hydrogen-bond acceptors (Lipinski definition) is 10. The van der Waals surface area contributed by atoms with Crippen molar-refractivity contribution in [3.63, 3.8) is 0 Å². The van der Waals surface area contributed by atoms with E-state index in [-0.39, 0.29) is 11.1 Å². The molecule has 0 saturated heterocycles. The Kier molecular flexibility index (Phi) is 6.61. The number of carbonyl (C=O) groups excluding carboxylic acids is 6. The molecule has 0 amide bonds. The quantitative estimate of drug-likeness (QED) is 0.348. The lowest BCUT2D eigenvalue weighted by Crippen LogP contribution is -2.51. The smallest absolute Gasteiger partial charge is 0.316 e. The number of halogens is 1. The summed E-state index contributed by atoms with van der Waals surface area (Å²) >= 11 is 0. The summed E-state index contributed by atoms with van der Waals surface area (Å²) in [4.78, 5) is 78.3. The first kappa shape index (κ1) is 24.0. The Morgan fingerprint density at radius 1 is 0.667 bits per heavy atom. The summed E-state index contributed by atoms with van der Waals surface area (Å²) in [7, 11) is 3.88. The zero-order valence-corrected chi connectivity index (χ0v) is 18.2. The number of ether oxygens (including phenoxy) is 4. The molecule has 0 fully saturated rings. The van der Waals surface area contributed by atoms with Crippen LogP contribution in [0.5, 0.6) is 0 Å². The van der Waals surface area contributed by atoms with Crippen LogP contribution in [-0.2, 0) is 47.7 Å². The molecule has 0 saturated carbocycles. The Hall–Kier alpha value is -3.63. The summed E-state index contributed by atoms with van der Waals surface area (Å²) in [5, 5.41) is 0. The molecule has 0 aromatic heterocycles.